The average molecular weight is 328 g/mol. The average Bonchev–Trinajstić information content (AvgIpc) is 2.57. The van der Waals surface area contributed by atoms with Crippen molar-refractivity contribution in [2.45, 2.75) is 33.8 Å². The van der Waals surface area contributed by atoms with E-state index in [0.29, 0.717) is 17.3 Å². The number of ether oxygens (including phenoxy) is 1. The van der Waals surface area contributed by atoms with Gasteiger partial charge in [0, 0.05) is 25.0 Å². The van der Waals surface area contributed by atoms with Crippen LogP contribution in [0, 0.1) is 0 Å². The van der Waals surface area contributed by atoms with Crippen LogP contribution in [0.15, 0.2) is 36.5 Å². The van der Waals surface area contributed by atoms with E-state index in [2.05, 4.69) is 15.3 Å². The maximum atomic E-state index is 12.4. The van der Waals surface area contributed by atoms with Gasteiger partial charge in [0.05, 0.1) is 6.10 Å². The number of carbonyl (C=O) groups is 1. The molecule has 0 aliphatic carbocycles. The Morgan fingerprint density at radius 2 is 1.83 bits per heavy atom. The SMILES string of the molecule is CCN(CC)c1nccc(C(=O)Nc2ccc(OC(C)C)cc2)n1. The van der Waals surface area contributed by atoms with Gasteiger partial charge < -0.3 is 15.0 Å². The van der Waals surface area contributed by atoms with Crippen molar-refractivity contribution in [2.75, 3.05) is 23.3 Å². The minimum Gasteiger partial charge on any atom is -0.491 e. The highest BCUT2D eigenvalue weighted by Gasteiger charge is 2.12. The molecule has 128 valence electrons. The lowest BCUT2D eigenvalue weighted by molar-refractivity contribution is 0.102. The zero-order chi connectivity index (χ0) is 17.5. The van der Waals surface area contributed by atoms with Crippen molar-refractivity contribution in [1.82, 2.24) is 9.97 Å². The molecule has 0 spiro atoms. The minimum atomic E-state index is -0.261. The van der Waals surface area contributed by atoms with Crippen LogP contribution in [0.5, 0.6) is 5.75 Å². The summed E-state index contributed by atoms with van der Waals surface area (Å²) in [6.07, 6.45) is 1.72. The molecular formula is C18H24N4O2. The van der Waals surface area contributed by atoms with Gasteiger partial charge in [-0.2, -0.15) is 0 Å². The lowest BCUT2D eigenvalue weighted by atomic mass is 10.3. The Bertz CT molecular complexity index is 667. The minimum absolute atomic E-state index is 0.116. The van der Waals surface area contributed by atoms with E-state index in [-0.39, 0.29) is 12.0 Å². The number of benzene rings is 1. The number of hydrogen-bond donors (Lipinski definition) is 1. The van der Waals surface area contributed by atoms with E-state index in [1.165, 1.54) is 0 Å². The lowest BCUT2D eigenvalue weighted by Crippen LogP contribution is -2.25. The van der Waals surface area contributed by atoms with E-state index < -0.39 is 0 Å². The van der Waals surface area contributed by atoms with Gasteiger partial charge in [0.25, 0.3) is 5.91 Å². The number of rotatable bonds is 7. The van der Waals surface area contributed by atoms with Crippen LogP contribution < -0.4 is 15.0 Å². The molecule has 2 aromatic rings. The van der Waals surface area contributed by atoms with Crippen molar-refractivity contribution in [3.8, 4) is 5.75 Å². The number of amides is 1. The molecule has 0 saturated carbocycles. The molecule has 0 aliphatic rings. The predicted octanol–water partition coefficient (Wildman–Crippen LogP) is 3.36. The Kier molecular flexibility index (Phi) is 6.12. The van der Waals surface area contributed by atoms with E-state index in [1.54, 1.807) is 12.3 Å². The van der Waals surface area contributed by atoms with Crippen LogP contribution in [0.4, 0.5) is 11.6 Å². The molecular weight excluding hydrogens is 304 g/mol. The Balaban J connectivity index is 2.08. The summed E-state index contributed by atoms with van der Waals surface area (Å²) < 4.78 is 5.59. The van der Waals surface area contributed by atoms with E-state index in [1.807, 2.05) is 56.9 Å². The van der Waals surface area contributed by atoms with Crippen molar-refractivity contribution in [3.63, 3.8) is 0 Å². The van der Waals surface area contributed by atoms with E-state index >= 15 is 0 Å². The quantitative estimate of drug-likeness (QED) is 0.844. The summed E-state index contributed by atoms with van der Waals surface area (Å²) in [4.78, 5) is 22.9. The molecule has 24 heavy (non-hydrogen) atoms. The number of nitrogens with one attached hydrogen (secondary N) is 1. The molecule has 0 aliphatic heterocycles. The van der Waals surface area contributed by atoms with Crippen LogP contribution in [0.25, 0.3) is 0 Å². The standard InChI is InChI=1S/C18H24N4O2/c1-5-22(6-2)18-19-12-11-16(21-18)17(23)20-14-7-9-15(10-8-14)24-13(3)4/h7-13H,5-6H2,1-4H3,(H,20,23). The van der Waals surface area contributed by atoms with Gasteiger partial charge in [0.1, 0.15) is 11.4 Å². The number of aromatic nitrogens is 2. The molecule has 0 radical (unpaired) electrons. The summed E-state index contributed by atoms with van der Waals surface area (Å²) in [6, 6.07) is 8.89. The van der Waals surface area contributed by atoms with Crippen LogP contribution in [-0.2, 0) is 0 Å². The summed E-state index contributed by atoms with van der Waals surface area (Å²) in [5.41, 5.74) is 1.04. The number of anilines is 2. The van der Waals surface area contributed by atoms with Crippen molar-refractivity contribution < 1.29 is 9.53 Å². The number of nitrogens with zero attached hydrogens (tertiary/aromatic N) is 3. The largest absolute Gasteiger partial charge is 0.491 e. The van der Waals surface area contributed by atoms with Gasteiger partial charge in [-0.3, -0.25) is 4.79 Å². The first-order valence-corrected chi connectivity index (χ1v) is 8.19. The van der Waals surface area contributed by atoms with Crippen molar-refractivity contribution in [2.24, 2.45) is 0 Å². The van der Waals surface area contributed by atoms with E-state index in [9.17, 15) is 4.79 Å². The number of carbonyl (C=O) groups excluding carboxylic acids is 1. The fourth-order valence-corrected chi connectivity index (χ4v) is 2.22. The fourth-order valence-electron chi connectivity index (χ4n) is 2.22. The molecule has 0 saturated heterocycles. The maximum absolute atomic E-state index is 12.4. The molecule has 0 bridgehead atoms. The lowest BCUT2D eigenvalue weighted by Gasteiger charge is -2.18. The van der Waals surface area contributed by atoms with Gasteiger partial charge in [-0.05, 0) is 58.0 Å². The molecule has 1 aromatic heterocycles. The van der Waals surface area contributed by atoms with Gasteiger partial charge in [-0.15, -0.1) is 0 Å². The molecule has 2 rings (SSSR count). The van der Waals surface area contributed by atoms with E-state index in [0.717, 1.165) is 18.8 Å². The molecule has 0 atom stereocenters. The van der Waals surface area contributed by atoms with Gasteiger partial charge in [-0.1, -0.05) is 0 Å². The topological polar surface area (TPSA) is 67.4 Å². The predicted molar refractivity (Wildman–Crippen MR) is 95.8 cm³/mol. The highest BCUT2D eigenvalue weighted by atomic mass is 16.5. The molecule has 1 aromatic carbocycles. The molecule has 6 heteroatoms. The normalized spacial score (nSPS) is 10.5. The van der Waals surface area contributed by atoms with Crippen LogP contribution in [-0.4, -0.2) is 35.1 Å². The third kappa shape index (κ3) is 4.68. The zero-order valence-corrected chi connectivity index (χ0v) is 14.6. The monoisotopic (exact) mass is 328 g/mol. The van der Waals surface area contributed by atoms with Crippen molar-refractivity contribution >= 4 is 17.5 Å². The van der Waals surface area contributed by atoms with Gasteiger partial charge in [0.2, 0.25) is 5.95 Å². The molecule has 1 amide bonds. The number of hydrogen-bond acceptors (Lipinski definition) is 5. The second-order valence-corrected chi connectivity index (χ2v) is 5.56. The van der Waals surface area contributed by atoms with Gasteiger partial charge in [-0.25, -0.2) is 9.97 Å². The maximum Gasteiger partial charge on any atom is 0.274 e. The summed E-state index contributed by atoms with van der Waals surface area (Å²) in [5, 5.41) is 2.84. The van der Waals surface area contributed by atoms with Crippen LogP contribution >= 0.6 is 0 Å². The van der Waals surface area contributed by atoms with Crippen LogP contribution in [0.1, 0.15) is 38.2 Å². The van der Waals surface area contributed by atoms with Crippen LogP contribution in [0.2, 0.25) is 0 Å². The summed E-state index contributed by atoms with van der Waals surface area (Å²) in [7, 11) is 0. The van der Waals surface area contributed by atoms with Gasteiger partial charge >= 0.3 is 0 Å². The van der Waals surface area contributed by atoms with E-state index in [4.69, 9.17) is 4.74 Å². The Labute approximate surface area is 142 Å². The molecule has 1 N–H and O–H groups in total. The molecule has 0 fully saturated rings. The van der Waals surface area contributed by atoms with Crippen LogP contribution in [0.3, 0.4) is 0 Å². The smallest absolute Gasteiger partial charge is 0.274 e. The summed E-state index contributed by atoms with van der Waals surface area (Å²) in [5.74, 6) is 1.07. The Morgan fingerprint density at radius 3 is 2.42 bits per heavy atom. The Morgan fingerprint density at radius 1 is 1.17 bits per heavy atom. The molecule has 6 nitrogen and oxygen atoms in total. The highest BCUT2D eigenvalue weighted by molar-refractivity contribution is 6.02. The second kappa shape index (κ2) is 8.29. The first kappa shape index (κ1) is 17.7. The summed E-state index contributed by atoms with van der Waals surface area (Å²) >= 11 is 0. The molecule has 0 unspecified atom stereocenters. The van der Waals surface area contributed by atoms with Crippen molar-refractivity contribution in [1.29, 1.82) is 0 Å². The molecule has 1 heterocycles. The van der Waals surface area contributed by atoms with Gasteiger partial charge in [0.15, 0.2) is 0 Å². The first-order chi connectivity index (χ1) is 11.5. The highest BCUT2D eigenvalue weighted by Crippen LogP contribution is 2.17. The second-order valence-electron chi connectivity index (χ2n) is 5.56. The Hall–Kier alpha value is -2.63. The van der Waals surface area contributed by atoms with Crippen molar-refractivity contribution in [3.05, 3.63) is 42.2 Å². The fraction of sp³-hybridized carbons (Fsp3) is 0.389. The zero-order valence-electron chi connectivity index (χ0n) is 14.6. The first-order valence-electron chi connectivity index (χ1n) is 8.19. The third-order valence-electron chi connectivity index (χ3n) is 3.41. The third-order valence-corrected chi connectivity index (χ3v) is 3.41. The summed E-state index contributed by atoms with van der Waals surface area (Å²) in [6.45, 7) is 9.58.